The van der Waals surface area contributed by atoms with Crippen LogP contribution in [-0.2, 0) is 11.8 Å². The molecule has 2 atom stereocenters. The molecule has 4 heterocycles. The Bertz CT molecular complexity index is 986. The molecule has 1 fully saturated rings. The first-order chi connectivity index (χ1) is 14.2. The Balaban J connectivity index is 1.53. The molecule has 2 aromatic heterocycles. The monoisotopic (exact) mass is 424 g/mol. The van der Waals surface area contributed by atoms with Crippen LogP contribution in [0.1, 0.15) is 37.8 Å². The molecule has 2 unspecified atom stereocenters. The largest absolute Gasteiger partial charge is 0.389 e. The summed E-state index contributed by atoms with van der Waals surface area (Å²) in [5.74, 6) is -0.900. The molecule has 0 spiro atoms. The van der Waals surface area contributed by atoms with E-state index in [-0.39, 0.29) is 23.7 Å². The van der Waals surface area contributed by atoms with E-state index in [0.29, 0.717) is 30.5 Å². The average Bonchev–Trinajstić information content (AvgIpc) is 3.20. The molecule has 1 amide bonds. The van der Waals surface area contributed by atoms with Gasteiger partial charge in [0.15, 0.2) is 5.82 Å². The quantitative estimate of drug-likeness (QED) is 0.743. The van der Waals surface area contributed by atoms with E-state index < -0.39 is 30.7 Å². The number of carbonyl (C=O) groups is 1. The molecule has 2 bridgehead atoms. The molecule has 1 saturated heterocycles. The second-order valence-corrected chi connectivity index (χ2v) is 7.53. The number of anilines is 2. The second kappa shape index (κ2) is 7.69. The maximum atomic E-state index is 14.5. The van der Waals surface area contributed by atoms with Crippen molar-refractivity contribution in [1.29, 1.82) is 0 Å². The SMILES string of the molecule is Cn1cc(Nc2ncc(F)c(C3=CC4CCC(C3)N4C(=O)CCC(F)(F)F)n2)cn1. The Morgan fingerprint density at radius 1 is 1.30 bits per heavy atom. The van der Waals surface area contributed by atoms with E-state index in [1.54, 1.807) is 30.2 Å². The topological polar surface area (TPSA) is 75.9 Å². The number of aryl methyl sites for hydroxylation is 1. The maximum Gasteiger partial charge on any atom is 0.389 e. The van der Waals surface area contributed by atoms with Crippen molar-refractivity contribution in [2.75, 3.05) is 5.32 Å². The first kappa shape index (κ1) is 20.3. The first-order valence-electron chi connectivity index (χ1n) is 9.57. The molecule has 7 nitrogen and oxygen atoms in total. The lowest BCUT2D eigenvalue weighted by molar-refractivity contribution is -0.150. The zero-order valence-electron chi connectivity index (χ0n) is 16.2. The van der Waals surface area contributed by atoms with Crippen LogP contribution in [0, 0.1) is 5.82 Å². The standard InChI is InChI=1S/C19H20F4N6O/c1-28-10-12(8-25-28)26-18-24-9-15(20)17(27-18)11-6-13-2-3-14(7-11)29(13)16(30)4-5-19(21,22)23/h6,8-10,13-14H,2-5,7H2,1H3,(H,24,26,27). The van der Waals surface area contributed by atoms with Gasteiger partial charge in [-0.2, -0.15) is 18.3 Å². The Morgan fingerprint density at radius 3 is 2.77 bits per heavy atom. The van der Waals surface area contributed by atoms with Crippen LogP contribution >= 0.6 is 0 Å². The number of fused-ring (bicyclic) bond motifs is 2. The molecule has 2 aromatic rings. The number of nitrogens with one attached hydrogen (secondary N) is 1. The van der Waals surface area contributed by atoms with Gasteiger partial charge >= 0.3 is 6.18 Å². The predicted molar refractivity (Wildman–Crippen MR) is 100 cm³/mol. The Kier molecular flexibility index (Phi) is 5.20. The maximum absolute atomic E-state index is 14.5. The number of nitrogens with zero attached hydrogens (tertiary/aromatic N) is 5. The Morgan fingerprint density at radius 2 is 2.10 bits per heavy atom. The minimum atomic E-state index is -4.37. The van der Waals surface area contributed by atoms with Crippen LogP contribution in [0.4, 0.5) is 29.2 Å². The third-order valence-electron chi connectivity index (χ3n) is 5.32. The fraction of sp³-hybridized carbons (Fsp3) is 0.474. The molecule has 2 aliphatic rings. The van der Waals surface area contributed by atoms with Gasteiger partial charge in [0.2, 0.25) is 11.9 Å². The Hall–Kier alpha value is -2.98. The number of aromatic nitrogens is 4. The summed E-state index contributed by atoms with van der Waals surface area (Å²) in [6, 6.07) is -0.594. The molecular weight excluding hydrogens is 404 g/mol. The van der Waals surface area contributed by atoms with E-state index in [1.165, 1.54) is 4.90 Å². The van der Waals surface area contributed by atoms with Crippen molar-refractivity contribution in [3.05, 3.63) is 36.2 Å². The van der Waals surface area contributed by atoms with Gasteiger partial charge < -0.3 is 10.2 Å². The van der Waals surface area contributed by atoms with E-state index in [0.717, 1.165) is 6.20 Å². The Labute approximate surface area is 169 Å². The van der Waals surface area contributed by atoms with Crippen molar-refractivity contribution < 1.29 is 22.4 Å². The predicted octanol–water partition coefficient (Wildman–Crippen LogP) is 3.58. The third-order valence-corrected chi connectivity index (χ3v) is 5.32. The molecule has 11 heteroatoms. The number of amides is 1. The van der Waals surface area contributed by atoms with E-state index in [1.807, 2.05) is 0 Å². The summed E-state index contributed by atoms with van der Waals surface area (Å²) in [6.45, 7) is 0. The highest BCUT2D eigenvalue weighted by Gasteiger charge is 2.41. The van der Waals surface area contributed by atoms with Gasteiger partial charge in [0.05, 0.1) is 30.5 Å². The fourth-order valence-corrected chi connectivity index (χ4v) is 4.04. The van der Waals surface area contributed by atoms with Gasteiger partial charge in [-0.05, 0) is 24.8 Å². The lowest BCUT2D eigenvalue weighted by Crippen LogP contribution is -2.43. The lowest BCUT2D eigenvalue weighted by atomic mass is 9.97. The van der Waals surface area contributed by atoms with Gasteiger partial charge in [0.25, 0.3) is 0 Å². The number of hydrogen-bond acceptors (Lipinski definition) is 5. The van der Waals surface area contributed by atoms with Crippen LogP contribution in [0.2, 0.25) is 0 Å². The molecule has 160 valence electrons. The van der Waals surface area contributed by atoms with Gasteiger partial charge in [-0.15, -0.1) is 0 Å². The molecule has 30 heavy (non-hydrogen) atoms. The highest BCUT2D eigenvalue weighted by Crippen LogP contribution is 2.39. The highest BCUT2D eigenvalue weighted by molar-refractivity contribution is 5.80. The van der Waals surface area contributed by atoms with Crippen LogP contribution in [0.3, 0.4) is 0 Å². The summed E-state index contributed by atoms with van der Waals surface area (Å²) in [6.07, 6.45) is 1.69. The summed E-state index contributed by atoms with van der Waals surface area (Å²) < 4.78 is 53.5. The molecule has 0 aliphatic carbocycles. The minimum absolute atomic E-state index is 0.135. The number of rotatable bonds is 5. The lowest BCUT2D eigenvalue weighted by Gasteiger charge is -2.34. The van der Waals surface area contributed by atoms with Gasteiger partial charge in [-0.3, -0.25) is 9.48 Å². The van der Waals surface area contributed by atoms with Gasteiger partial charge in [-0.25, -0.2) is 14.4 Å². The van der Waals surface area contributed by atoms with Crippen molar-refractivity contribution in [2.24, 2.45) is 7.05 Å². The molecule has 0 radical (unpaired) electrons. The molecular formula is C19H20F4N6O. The van der Waals surface area contributed by atoms with Crippen molar-refractivity contribution in [3.8, 4) is 0 Å². The molecule has 4 rings (SSSR count). The van der Waals surface area contributed by atoms with E-state index in [9.17, 15) is 22.4 Å². The molecule has 2 aliphatic heterocycles. The normalized spacial score (nSPS) is 21.0. The summed E-state index contributed by atoms with van der Waals surface area (Å²) in [4.78, 5) is 22.1. The average molecular weight is 424 g/mol. The van der Waals surface area contributed by atoms with Gasteiger partial charge in [0.1, 0.15) is 5.69 Å². The molecule has 0 aromatic carbocycles. The van der Waals surface area contributed by atoms with Crippen molar-refractivity contribution >= 4 is 23.1 Å². The van der Waals surface area contributed by atoms with E-state index in [4.69, 9.17) is 0 Å². The number of halogens is 4. The van der Waals surface area contributed by atoms with Crippen molar-refractivity contribution in [3.63, 3.8) is 0 Å². The number of alkyl halides is 3. The fourth-order valence-electron chi connectivity index (χ4n) is 4.04. The number of carbonyl (C=O) groups excluding carboxylic acids is 1. The van der Waals surface area contributed by atoms with Gasteiger partial charge in [-0.1, -0.05) is 6.08 Å². The van der Waals surface area contributed by atoms with Crippen LogP contribution in [0.5, 0.6) is 0 Å². The van der Waals surface area contributed by atoms with Crippen LogP contribution in [0.15, 0.2) is 24.7 Å². The zero-order chi connectivity index (χ0) is 21.5. The molecule has 0 saturated carbocycles. The van der Waals surface area contributed by atoms with Crippen molar-refractivity contribution in [2.45, 2.75) is 50.4 Å². The summed E-state index contributed by atoms with van der Waals surface area (Å²) in [5.41, 5.74) is 1.42. The first-order valence-corrected chi connectivity index (χ1v) is 9.57. The summed E-state index contributed by atoms with van der Waals surface area (Å²) in [7, 11) is 1.76. The van der Waals surface area contributed by atoms with Gasteiger partial charge in [0, 0.05) is 25.7 Å². The second-order valence-electron chi connectivity index (χ2n) is 7.53. The van der Waals surface area contributed by atoms with E-state index >= 15 is 0 Å². The summed E-state index contributed by atoms with van der Waals surface area (Å²) >= 11 is 0. The smallest absolute Gasteiger partial charge is 0.333 e. The van der Waals surface area contributed by atoms with Crippen molar-refractivity contribution in [1.82, 2.24) is 24.6 Å². The van der Waals surface area contributed by atoms with E-state index in [2.05, 4.69) is 20.4 Å². The zero-order valence-corrected chi connectivity index (χ0v) is 16.2. The molecule has 1 N–H and O–H groups in total. The van der Waals surface area contributed by atoms with Crippen LogP contribution in [-0.4, -0.2) is 48.8 Å². The van der Waals surface area contributed by atoms with Crippen LogP contribution in [0.25, 0.3) is 5.57 Å². The van der Waals surface area contributed by atoms with Crippen LogP contribution < -0.4 is 5.32 Å². The highest BCUT2D eigenvalue weighted by atomic mass is 19.4. The third kappa shape index (κ3) is 4.29. The number of hydrogen-bond donors (Lipinski definition) is 1. The summed E-state index contributed by atoms with van der Waals surface area (Å²) in [5, 5.41) is 6.99. The minimum Gasteiger partial charge on any atom is -0.333 e.